The van der Waals surface area contributed by atoms with Gasteiger partial charge in [-0.3, -0.25) is 4.79 Å². The molecule has 3 rings (SSSR count). The van der Waals surface area contributed by atoms with Gasteiger partial charge in [-0.1, -0.05) is 24.3 Å². The number of hydrogen-bond acceptors (Lipinski definition) is 4. The van der Waals surface area contributed by atoms with Crippen LogP contribution in [-0.2, 0) is 17.6 Å². The highest BCUT2D eigenvalue weighted by Gasteiger charge is 2.30. The van der Waals surface area contributed by atoms with Crippen molar-refractivity contribution in [3.05, 3.63) is 51.0 Å². The van der Waals surface area contributed by atoms with Crippen LogP contribution < -0.4 is 11.1 Å². The third kappa shape index (κ3) is 2.84. The molecule has 1 aliphatic rings. The molecule has 0 radical (unpaired) electrons. The smallest absolute Gasteiger partial charge is 0.225 e. The van der Waals surface area contributed by atoms with Crippen molar-refractivity contribution in [2.45, 2.75) is 38.8 Å². The minimum absolute atomic E-state index is 0.00998. The van der Waals surface area contributed by atoms with Gasteiger partial charge in [0.15, 0.2) is 0 Å². The van der Waals surface area contributed by atoms with Crippen LogP contribution in [0.4, 0.5) is 0 Å². The van der Waals surface area contributed by atoms with Crippen molar-refractivity contribution in [1.29, 1.82) is 0 Å². The Bertz CT molecular complexity index is 680. The van der Waals surface area contributed by atoms with E-state index in [1.807, 2.05) is 32.0 Å². The number of carbonyl (C=O) groups excluding carboxylic acids is 1. The maximum atomic E-state index is 12.2. The van der Waals surface area contributed by atoms with Gasteiger partial charge in [-0.25, -0.2) is 4.98 Å². The molecule has 0 spiro atoms. The van der Waals surface area contributed by atoms with Crippen molar-refractivity contribution in [2.75, 3.05) is 0 Å². The molecule has 0 saturated carbocycles. The number of amides is 1. The number of hydrogen-bond donors (Lipinski definition) is 2. The second-order valence-corrected chi connectivity index (χ2v) is 6.81. The Morgan fingerprint density at radius 3 is 2.86 bits per heavy atom. The van der Waals surface area contributed by atoms with Crippen LogP contribution in [0.5, 0.6) is 0 Å². The first kappa shape index (κ1) is 14.2. The van der Waals surface area contributed by atoms with Crippen LogP contribution >= 0.6 is 11.3 Å². The molecule has 1 aromatic carbocycles. The number of aromatic nitrogens is 1. The van der Waals surface area contributed by atoms with Gasteiger partial charge < -0.3 is 11.1 Å². The highest BCUT2D eigenvalue weighted by molar-refractivity contribution is 7.11. The lowest BCUT2D eigenvalue weighted by molar-refractivity contribution is -0.121. The van der Waals surface area contributed by atoms with E-state index in [0.29, 0.717) is 6.42 Å². The summed E-state index contributed by atoms with van der Waals surface area (Å²) < 4.78 is 0. The van der Waals surface area contributed by atoms with E-state index < -0.39 is 0 Å². The van der Waals surface area contributed by atoms with Gasteiger partial charge in [-0.15, -0.1) is 11.3 Å². The first-order valence-electron chi connectivity index (χ1n) is 7.10. The van der Waals surface area contributed by atoms with E-state index in [4.69, 9.17) is 5.73 Å². The Kier molecular flexibility index (Phi) is 3.78. The predicted octanol–water partition coefficient (Wildman–Crippen LogP) is 2.04. The summed E-state index contributed by atoms with van der Waals surface area (Å²) in [6, 6.07) is 8.01. The monoisotopic (exact) mass is 301 g/mol. The van der Waals surface area contributed by atoms with Crippen LogP contribution in [-0.4, -0.2) is 16.9 Å². The molecule has 110 valence electrons. The summed E-state index contributed by atoms with van der Waals surface area (Å²) in [4.78, 5) is 17.6. The number of nitrogens with zero attached hydrogens (tertiary/aromatic N) is 1. The Balaban J connectivity index is 1.65. The molecule has 0 saturated heterocycles. The molecular formula is C16H19N3OS. The second kappa shape index (κ2) is 5.58. The van der Waals surface area contributed by atoms with Crippen molar-refractivity contribution in [3.63, 3.8) is 0 Å². The zero-order valence-corrected chi connectivity index (χ0v) is 13.0. The fourth-order valence-electron chi connectivity index (χ4n) is 2.91. The maximum Gasteiger partial charge on any atom is 0.225 e. The summed E-state index contributed by atoms with van der Waals surface area (Å²) in [5.74, 6) is 0.0232. The summed E-state index contributed by atoms with van der Waals surface area (Å²) >= 11 is 1.59. The lowest BCUT2D eigenvalue weighted by atomic mass is 10.1. The number of nitrogens with two attached hydrogens (primary N) is 1. The van der Waals surface area contributed by atoms with E-state index in [2.05, 4.69) is 16.4 Å². The second-order valence-electron chi connectivity index (χ2n) is 5.52. The SMILES string of the molecule is Cc1nc(C)c(CC(=O)N[C@H]2Cc3ccccc3[C@@H]2N)s1. The van der Waals surface area contributed by atoms with Crippen LogP contribution in [0.1, 0.15) is 32.7 Å². The van der Waals surface area contributed by atoms with Gasteiger partial charge in [0.05, 0.1) is 29.2 Å². The highest BCUT2D eigenvalue weighted by atomic mass is 32.1. The summed E-state index contributed by atoms with van der Waals surface area (Å²) in [6.07, 6.45) is 1.20. The largest absolute Gasteiger partial charge is 0.351 e. The van der Waals surface area contributed by atoms with E-state index in [0.717, 1.165) is 27.6 Å². The molecule has 21 heavy (non-hydrogen) atoms. The van der Waals surface area contributed by atoms with Crippen molar-refractivity contribution in [1.82, 2.24) is 10.3 Å². The Labute approximate surface area is 128 Å². The van der Waals surface area contributed by atoms with Gasteiger partial charge in [0.2, 0.25) is 5.91 Å². The van der Waals surface area contributed by atoms with Gasteiger partial charge in [0, 0.05) is 4.88 Å². The molecular weight excluding hydrogens is 282 g/mol. The van der Waals surface area contributed by atoms with E-state index in [-0.39, 0.29) is 18.0 Å². The minimum Gasteiger partial charge on any atom is -0.351 e. The highest BCUT2D eigenvalue weighted by Crippen LogP contribution is 2.29. The van der Waals surface area contributed by atoms with E-state index >= 15 is 0 Å². The number of thiazole rings is 1. The average molecular weight is 301 g/mol. The molecule has 0 fully saturated rings. The van der Waals surface area contributed by atoms with E-state index in [9.17, 15) is 4.79 Å². The molecule has 4 nitrogen and oxygen atoms in total. The molecule has 1 amide bonds. The summed E-state index contributed by atoms with van der Waals surface area (Å²) in [5.41, 5.74) is 9.57. The summed E-state index contributed by atoms with van der Waals surface area (Å²) in [6.45, 7) is 3.91. The fourth-order valence-corrected chi connectivity index (χ4v) is 3.84. The van der Waals surface area contributed by atoms with Crippen molar-refractivity contribution >= 4 is 17.2 Å². The number of carbonyl (C=O) groups is 1. The normalized spacial score (nSPS) is 20.3. The van der Waals surface area contributed by atoms with Gasteiger partial charge in [0.25, 0.3) is 0 Å². The number of fused-ring (bicyclic) bond motifs is 1. The molecule has 1 heterocycles. The van der Waals surface area contributed by atoms with Gasteiger partial charge in [-0.05, 0) is 31.4 Å². The average Bonchev–Trinajstić information content (AvgIpc) is 2.91. The Morgan fingerprint density at radius 2 is 2.19 bits per heavy atom. The summed E-state index contributed by atoms with van der Waals surface area (Å²) in [5, 5.41) is 4.08. The first-order valence-corrected chi connectivity index (χ1v) is 7.92. The van der Waals surface area contributed by atoms with Crippen molar-refractivity contribution in [2.24, 2.45) is 5.73 Å². The fraction of sp³-hybridized carbons (Fsp3) is 0.375. The number of rotatable bonds is 3. The third-order valence-corrected chi connectivity index (χ3v) is 5.03. The zero-order valence-electron chi connectivity index (χ0n) is 12.2. The molecule has 3 N–H and O–H groups in total. The van der Waals surface area contributed by atoms with Crippen LogP contribution in [0.15, 0.2) is 24.3 Å². The Morgan fingerprint density at radius 1 is 1.43 bits per heavy atom. The molecule has 1 aromatic heterocycles. The van der Waals surface area contributed by atoms with Crippen LogP contribution in [0.2, 0.25) is 0 Å². The molecule has 0 aliphatic heterocycles. The van der Waals surface area contributed by atoms with E-state index in [1.165, 1.54) is 5.56 Å². The zero-order chi connectivity index (χ0) is 15.0. The van der Waals surface area contributed by atoms with Crippen LogP contribution in [0.25, 0.3) is 0 Å². The summed E-state index contributed by atoms with van der Waals surface area (Å²) in [7, 11) is 0. The molecule has 0 bridgehead atoms. The molecule has 2 atom stereocenters. The van der Waals surface area contributed by atoms with Crippen molar-refractivity contribution in [3.8, 4) is 0 Å². The third-order valence-electron chi connectivity index (χ3n) is 3.95. The van der Waals surface area contributed by atoms with Crippen molar-refractivity contribution < 1.29 is 4.79 Å². The predicted molar refractivity (Wildman–Crippen MR) is 84.3 cm³/mol. The molecule has 2 aromatic rings. The van der Waals surface area contributed by atoms with Gasteiger partial charge in [0.1, 0.15) is 0 Å². The minimum atomic E-state index is -0.116. The first-order chi connectivity index (χ1) is 10.0. The Hall–Kier alpha value is -1.72. The lowest BCUT2D eigenvalue weighted by Gasteiger charge is -2.17. The number of nitrogens with one attached hydrogen (secondary N) is 1. The van der Waals surface area contributed by atoms with Gasteiger partial charge >= 0.3 is 0 Å². The van der Waals surface area contributed by atoms with Crippen LogP contribution in [0.3, 0.4) is 0 Å². The lowest BCUT2D eigenvalue weighted by Crippen LogP contribution is -2.41. The number of aryl methyl sites for hydroxylation is 2. The number of benzene rings is 1. The topological polar surface area (TPSA) is 68.0 Å². The molecule has 1 aliphatic carbocycles. The van der Waals surface area contributed by atoms with Crippen LogP contribution in [0, 0.1) is 13.8 Å². The molecule has 0 unspecified atom stereocenters. The maximum absolute atomic E-state index is 12.2. The quantitative estimate of drug-likeness (QED) is 0.911. The van der Waals surface area contributed by atoms with Gasteiger partial charge in [-0.2, -0.15) is 0 Å². The standard InChI is InChI=1S/C16H19N3OS/c1-9-14(21-10(2)18-9)8-15(20)19-13-7-11-5-3-4-6-12(11)16(13)17/h3-6,13,16H,7-8,17H2,1-2H3,(H,19,20)/t13-,16-/m0/s1. The molecule has 5 heteroatoms. The van der Waals surface area contributed by atoms with E-state index in [1.54, 1.807) is 11.3 Å².